The molecule has 1 aliphatic carbocycles. The molecule has 2 N–H and O–H groups in total. The van der Waals surface area contributed by atoms with Crippen LogP contribution in [0.3, 0.4) is 0 Å². The van der Waals surface area contributed by atoms with Gasteiger partial charge in [-0.15, -0.1) is 0 Å². The van der Waals surface area contributed by atoms with Crippen molar-refractivity contribution < 1.29 is 17.9 Å². The summed E-state index contributed by atoms with van der Waals surface area (Å²) in [6, 6.07) is 3.70. The van der Waals surface area contributed by atoms with E-state index in [1.54, 1.807) is 0 Å². The first-order valence-electron chi connectivity index (χ1n) is 6.80. The van der Waals surface area contributed by atoms with Gasteiger partial charge in [-0.05, 0) is 38.0 Å². The van der Waals surface area contributed by atoms with E-state index >= 15 is 0 Å². The number of hydrogen-bond donors (Lipinski definition) is 2. The molecule has 0 aromatic heterocycles. The minimum absolute atomic E-state index is 0.326. The largest absolute Gasteiger partial charge is 0.384 e. The summed E-state index contributed by atoms with van der Waals surface area (Å²) >= 11 is 0. The van der Waals surface area contributed by atoms with Crippen LogP contribution in [0.1, 0.15) is 38.2 Å². The summed E-state index contributed by atoms with van der Waals surface area (Å²) in [4.78, 5) is -0.370. The molecule has 6 heteroatoms. The molecule has 0 atom stereocenters. The monoisotopic (exact) mass is 311 g/mol. The van der Waals surface area contributed by atoms with E-state index in [0.717, 1.165) is 31.7 Å². The predicted octanol–water partition coefficient (Wildman–Crippen LogP) is 1.78. The van der Waals surface area contributed by atoms with Gasteiger partial charge in [0, 0.05) is 11.1 Å². The lowest BCUT2D eigenvalue weighted by molar-refractivity contribution is 0.350. The highest BCUT2D eigenvalue weighted by Crippen LogP contribution is 2.31. The minimum atomic E-state index is -3.89. The standard InChI is InChI=1S/C15H18FNO3S/c1-15(8-2-3-9-15)17-21(19,20)14-7-6-12(5-4-10-18)11-13(14)16/h6-7,11,17-18H,2-3,8-10H2,1H3. The first-order valence-corrected chi connectivity index (χ1v) is 8.28. The predicted molar refractivity (Wildman–Crippen MR) is 77.6 cm³/mol. The smallest absolute Gasteiger partial charge is 0.243 e. The summed E-state index contributed by atoms with van der Waals surface area (Å²) < 4.78 is 41.3. The van der Waals surface area contributed by atoms with E-state index in [1.165, 1.54) is 12.1 Å². The van der Waals surface area contributed by atoms with Crippen molar-refractivity contribution in [2.45, 2.75) is 43.0 Å². The molecule has 114 valence electrons. The molecule has 0 spiro atoms. The van der Waals surface area contributed by atoms with Crippen molar-refractivity contribution in [3.63, 3.8) is 0 Å². The van der Waals surface area contributed by atoms with Gasteiger partial charge in [0.25, 0.3) is 0 Å². The zero-order chi connectivity index (χ0) is 15.5. The van der Waals surface area contributed by atoms with E-state index < -0.39 is 21.4 Å². The van der Waals surface area contributed by atoms with Crippen LogP contribution in [0.2, 0.25) is 0 Å². The summed E-state index contributed by atoms with van der Waals surface area (Å²) in [6.07, 6.45) is 3.45. The first-order chi connectivity index (χ1) is 9.86. The normalized spacial score (nSPS) is 17.3. The van der Waals surface area contributed by atoms with E-state index in [9.17, 15) is 12.8 Å². The van der Waals surface area contributed by atoms with E-state index in [-0.39, 0.29) is 11.5 Å². The Hall–Kier alpha value is -1.42. The summed E-state index contributed by atoms with van der Waals surface area (Å²) in [6.45, 7) is 1.51. The Morgan fingerprint density at radius 1 is 1.38 bits per heavy atom. The molecule has 4 nitrogen and oxygen atoms in total. The number of nitrogens with one attached hydrogen (secondary N) is 1. The van der Waals surface area contributed by atoms with Crippen LogP contribution in [-0.2, 0) is 10.0 Å². The van der Waals surface area contributed by atoms with Crippen LogP contribution in [0, 0.1) is 17.7 Å². The van der Waals surface area contributed by atoms with Gasteiger partial charge in [0.15, 0.2) is 0 Å². The molecule has 1 aliphatic rings. The van der Waals surface area contributed by atoms with Crippen LogP contribution in [0.5, 0.6) is 0 Å². The molecule has 0 aliphatic heterocycles. The third-order valence-corrected chi connectivity index (χ3v) is 5.29. The quantitative estimate of drug-likeness (QED) is 0.836. The summed E-state index contributed by atoms with van der Waals surface area (Å²) in [5.41, 5.74) is -0.173. The fourth-order valence-electron chi connectivity index (χ4n) is 2.57. The van der Waals surface area contributed by atoms with Crippen molar-refractivity contribution in [3.05, 3.63) is 29.6 Å². The summed E-state index contributed by atoms with van der Waals surface area (Å²) in [5, 5.41) is 8.60. The maximum absolute atomic E-state index is 14.0. The molecule has 0 bridgehead atoms. The van der Waals surface area contributed by atoms with Gasteiger partial charge in [-0.1, -0.05) is 24.7 Å². The molecule has 1 aromatic rings. The molecule has 0 heterocycles. The van der Waals surface area contributed by atoms with Crippen molar-refractivity contribution >= 4 is 10.0 Å². The molecule has 0 radical (unpaired) electrons. The second-order valence-corrected chi connectivity index (χ2v) is 7.13. The molecule has 21 heavy (non-hydrogen) atoms. The Labute approximate surface area is 124 Å². The first kappa shape index (κ1) is 16.0. The van der Waals surface area contributed by atoms with E-state index in [1.807, 2.05) is 6.92 Å². The topological polar surface area (TPSA) is 66.4 Å². The maximum atomic E-state index is 14.0. The zero-order valence-electron chi connectivity index (χ0n) is 11.8. The van der Waals surface area contributed by atoms with E-state index in [2.05, 4.69) is 16.6 Å². The third-order valence-electron chi connectivity index (χ3n) is 3.62. The van der Waals surface area contributed by atoms with Crippen molar-refractivity contribution in [3.8, 4) is 11.8 Å². The van der Waals surface area contributed by atoms with Crippen LogP contribution in [0.15, 0.2) is 23.1 Å². The minimum Gasteiger partial charge on any atom is -0.384 e. The second-order valence-electron chi connectivity index (χ2n) is 5.48. The highest BCUT2D eigenvalue weighted by Gasteiger charge is 2.34. The van der Waals surface area contributed by atoms with Crippen molar-refractivity contribution in [1.82, 2.24) is 4.72 Å². The van der Waals surface area contributed by atoms with Gasteiger partial charge in [0.1, 0.15) is 17.3 Å². The van der Waals surface area contributed by atoms with Gasteiger partial charge >= 0.3 is 0 Å². The molecule has 1 fully saturated rings. The Balaban J connectivity index is 2.28. The van der Waals surface area contributed by atoms with Crippen LogP contribution in [0.4, 0.5) is 4.39 Å². The molecular weight excluding hydrogens is 293 g/mol. The van der Waals surface area contributed by atoms with E-state index in [4.69, 9.17) is 5.11 Å². The summed E-state index contributed by atoms with van der Waals surface area (Å²) in [7, 11) is -3.89. The number of aliphatic hydroxyl groups excluding tert-OH is 1. The number of benzene rings is 1. The molecule has 1 aromatic carbocycles. The number of aliphatic hydroxyl groups is 1. The maximum Gasteiger partial charge on any atom is 0.243 e. The molecule has 2 rings (SSSR count). The molecule has 1 saturated carbocycles. The number of rotatable bonds is 3. The average molecular weight is 311 g/mol. The van der Waals surface area contributed by atoms with Crippen molar-refractivity contribution in [1.29, 1.82) is 0 Å². The van der Waals surface area contributed by atoms with Crippen LogP contribution in [0.25, 0.3) is 0 Å². The molecular formula is C15H18FNO3S. The van der Waals surface area contributed by atoms with Gasteiger partial charge < -0.3 is 5.11 Å². The van der Waals surface area contributed by atoms with Gasteiger partial charge in [-0.25, -0.2) is 17.5 Å². The van der Waals surface area contributed by atoms with Gasteiger partial charge in [0.05, 0.1) is 0 Å². The number of sulfonamides is 1. The van der Waals surface area contributed by atoms with Gasteiger partial charge in [0.2, 0.25) is 10.0 Å². The van der Waals surface area contributed by atoms with Crippen molar-refractivity contribution in [2.75, 3.05) is 6.61 Å². The molecule has 0 saturated heterocycles. The highest BCUT2D eigenvalue weighted by atomic mass is 32.2. The second kappa shape index (κ2) is 6.14. The SMILES string of the molecule is CC1(NS(=O)(=O)c2ccc(C#CCO)cc2F)CCCC1. The fourth-order valence-corrected chi connectivity index (χ4v) is 4.10. The van der Waals surface area contributed by atoms with Gasteiger partial charge in [-0.3, -0.25) is 0 Å². The Morgan fingerprint density at radius 2 is 2.05 bits per heavy atom. The number of hydrogen-bond acceptors (Lipinski definition) is 3. The lowest BCUT2D eigenvalue weighted by atomic mass is 10.0. The van der Waals surface area contributed by atoms with Crippen molar-refractivity contribution in [2.24, 2.45) is 0 Å². The zero-order valence-corrected chi connectivity index (χ0v) is 12.6. The Bertz CT molecular complexity index is 683. The van der Waals surface area contributed by atoms with Crippen LogP contribution >= 0.6 is 0 Å². The molecule has 0 unspecified atom stereocenters. The van der Waals surface area contributed by atoms with E-state index in [0.29, 0.717) is 5.56 Å². The Morgan fingerprint density at radius 3 is 2.62 bits per heavy atom. The molecule has 0 amide bonds. The lowest BCUT2D eigenvalue weighted by Gasteiger charge is -2.25. The van der Waals surface area contributed by atoms with Crippen LogP contribution < -0.4 is 4.72 Å². The average Bonchev–Trinajstić information content (AvgIpc) is 2.81. The fraction of sp³-hybridized carbons (Fsp3) is 0.467. The van der Waals surface area contributed by atoms with Crippen LogP contribution in [-0.4, -0.2) is 25.7 Å². The lowest BCUT2D eigenvalue weighted by Crippen LogP contribution is -2.43. The summed E-state index contributed by atoms with van der Waals surface area (Å²) in [5.74, 6) is 4.09. The van der Waals surface area contributed by atoms with Gasteiger partial charge in [-0.2, -0.15) is 0 Å². The Kier molecular flexibility index (Phi) is 4.67. The highest BCUT2D eigenvalue weighted by molar-refractivity contribution is 7.89. The number of halogens is 1. The third kappa shape index (κ3) is 3.82.